The first-order valence-electron chi connectivity index (χ1n) is 9.98. The van der Waals surface area contributed by atoms with Crippen molar-refractivity contribution in [1.82, 2.24) is 15.1 Å². The third-order valence-electron chi connectivity index (χ3n) is 5.42. The molecule has 6 heteroatoms. The number of amides is 2. The fourth-order valence-electron chi connectivity index (χ4n) is 4.25. The number of piperidine rings is 1. The smallest absolute Gasteiger partial charge is 0.317 e. The average molecular weight is 378 g/mol. The van der Waals surface area contributed by atoms with Gasteiger partial charge >= 0.3 is 6.03 Å². The highest BCUT2D eigenvalue weighted by Gasteiger charge is 2.52. The number of hydrogen-bond donors (Lipinski definition) is 2. The molecule has 1 aromatic carbocycles. The predicted molar refractivity (Wildman–Crippen MR) is 108 cm³/mol. The van der Waals surface area contributed by atoms with Crippen molar-refractivity contribution in [3.63, 3.8) is 0 Å². The van der Waals surface area contributed by atoms with E-state index >= 15 is 0 Å². The second-order valence-electron chi connectivity index (χ2n) is 7.69. The van der Waals surface area contributed by atoms with Crippen molar-refractivity contribution in [2.24, 2.45) is 5.41 Å². The van der Waals surface area contributed by atoms with Gasteiger partial charge in [-0.3, -0.25) is 4.90 Å². The molecule has 6 nitrogen and oxygen atoms in total. The van der Waals surface area contributed by atoms with Crippen LogP contribution in [0.5, 0.6) is 5.75 Å². The van der Waals surface area contributed by atoms with Gasteiger partial charge in [-0.2, -0.15) is 0 Å². The number of nitrogens with one attached hydrogen (secondary N) is 1. The second-order valence-corrected chi connectivity index (χ2v) is 7.69. The zero-order valence-electron chi connectivity index (χ0n) is 17.2. The van der Waals surface area contributed by atoms with E-state index in [0.29, 0.717) is 24.9 Å². The van der Waals surface area contributed by atoms with Crippen molar-refractivity contribution in [2.45, 2.75) is 39.2 Å². The molecule has 1 atom stereocenters. The maximum absolute atomic E-state index is 12.2. The Morgan fingerprint density at radius 1 is 1.26 bits per heavy atom. The molecule has 152 valence electrons. The molecule has 3 rings (SSSR count). The number of methoxy groups -OCH3 is 1. The van der Waals surface area contributed by atoms with E-state index in [4.69, 9.17) is 4.74 Å². The second kappa shape index (κ2) is 9.95. The monoisotopic (exact) mass is 377 g/mol. The minimum Gasteiger partial charge on any atom is -0.508 e. The lowest BCUT2D eigenvalue weighted by Crippen LogP contribution is -2.61. The molecule has 2 fully saturated rings. The number of nitrogens with zero attached hydrogens (tertiary/aromatic N) is 2. The van der Waals surface area contributed by atoms with Crippen LogP contribution in [0.25, 0.3) is 0 Å². The van der Waals surface area contributed by atoms with Crippen LogP contribution in [0, 0.1) is 5.41 Å². The van der Waals surface area contributed by atoms with E-state index in [0.717, 1.165) is 32.5 Å². The van der Waals surface area contributed by atoms with Crippen LogP contribution in [-0.2, 0) is 4.74 Å². The van der Waals surface area contributed by atoms with Crippen LogP contribution in [0.2, 0.25) is 0 Å². The fourth-order valence-corrected chi connectivity index (χ4v) is 4.25. The van der Waals surface area contributed by atoms with Gasteiger partial charge in [-0.25, -0.2) is 4.79 Å². The Bertz CT molecular complexity index is 583. The summed E-state index contributed by atoms with van der Waals surface area (Å²) in [6.45, 7) is 7.99. The number of hydrogen-bond acceptors (Lipinski definition) is 4. The molecule has 2 N–H and O–H groups in total. The Hall–Kier alpha value is -1.79. The molecule has 27 heavy (non-hydrogen) atoms. The third-order valence-corrected chi connectivity index (χ3v) is 5.42. The van der Waals surface area contributed by atoms with E-state index in [2.05, 4.69) is 31.1 Å². The van der Waals surface area contributed by atoms with E-state index in [9.17, 15) is 9.90 Å². The van der Waals surface area contributed by atoms with Crippen molar-refractivity contribution >= 4 is 6.03 Å². The number of phenols is 1. The van der Waals surface area contributed by atoms with E-state index in [-0.39, 0.29) is 11.4 Å². The molecule has 0 bridgehead atoms. The van der Waals surface area contributed by atoms with Gasteiger partial charge in [0.25, 0.3) is 0 Å². The van der Waals surface area contributed by atoms with Gasteiger partial charge in [0.1, 0.15) is 5.75 Å². The van der Waals surface area contributed by atoms with Gasteiger partial charge in [0, 0.05) is 44.7 Å². The number of carbonyl (C=O) groups excluding carboxylic acids is 1. The Labute approximate surface area is 163 Å². The number of urea groups is 1. The van der Waals surface area contributed by atoms with Crippen LogP contribution in [0.4, 0.5) is 4.79 Å². The van der Waals surface area contributed by atoms with Gasteiger partial charge in [-0.15, -0.1) is 0 Å². The van der Waals surface area contributed by atoms with Gasteiger partial charge in [0.15, 0.2) is 0 Å². The van der Waals surface area contributed by atoms with Crippen molar-refractivity contribution in [3.8, 4) is 5.75 Å². The van der Waals surface area contributed by atoms with Crippen molar-refractivity contribution in [2.75, 3.05) is 46.9 Å². The molecule has 2 amide bonds. The first-order chi connectivity index (χ1) is 13.0. The molecule has 1 aromatic rings. The maximum atomic E-state index is 12.2. The first-order valence-corrected chi connectivity index (χ1v) is 9.98. The molecule has 2 aliphatic rings. The molecular weight excluding hydrogens is 342 g/mol. The van der Waals surface area contributed by atoms with Crippen molar-refractivity contribution < 1.29 is 14.6 Å². The van der Waals surface area contributed by atoms with Crippen LogP contribution >= 0.6 is 0 Å². The van der Waals surface area contributed by atoms with Gasteiger partial charge in [-0.05, 0) is 37.6 Å². The van der Waals surface area contributed by atoms with Gasteiger partial charge in [0.05, 0.1) is 6.61 Å². The molecule has 2 aliphatic heterocycles. The predicted octanol–water partition coefficient (Wildman–Crippen LogP) is 3.23. The third kappa shape index (κ3) is 5.14. The van der Waals surface area contributed by atoms with Crippen molar-refractivity contribution in [1.29, 1.82) is 0 Å². The first kappa shape index (κ1) is 21.5. The Morgan fingerprint density at radius 2 is 1.85 bits per heavy atom. The Balaban J connectivity index is 0.000000817. The van der Waals surface area contributed by atoms with E-state index in [1.54, 1.807) is 19.2 Å². The van der Waals surface area contributed by atoms with E-state index in [1.807, 2.05) is 17.0 Å². The number of rotatable bonds is 4. The van der Waals surface area contributed by atoms with Crippen LogP contribution in [0.15, 0.2) is 24.3 Å². The van der Waals surface area contributed by atoms with Crippen LogP contribution in [0.3, 0.4) is 0 Å². The van der Waals surface area contributed by atoms with Gasteiger partial charge < -0.3 is 20.1 Å². The Kier molecular flexibility index (Phi) is 7.92. The number of carbonyl (C=O) groups is 1. The lowest BCUT2D eigenvalue weighted by Gasteiger charge is -2.59. The number of aromatic hydroxyl groups is 1. The fraction of sp³-hybridized carbons (Fsp3) is 0.667. The zero-order valence-corrected chi connectivity index (χ0v) is 17.2. The number of phenolic OH excluding ortho intramolecular Hbond substituents is 1. The SMILES string of the molecule is CCC.COCCNC(=O)N1CCC2(CC1)CN(C)C2c1ccc(O)cc1. The highest BCUT2D eigenvalue weighted by Crippen LogP contribution is 2.54. The van der Waals surface area contributed by atoms with E-state index < -0.39 is 0 Å². The normalized spacial score (nSPS) is 21.2. The Morgan fingerprint density at radius 3 is 2.37 bits per heavy atom. The zero-order chi connectivity index (χ0) is 19.9. The topological polar surface area (TPSA) is 65.0 Å². The van der Waals surface area contributed by atoms with Crippen LogP contribution in [-0.4, -0.2) is 67.9 Å². The summed E-state index contributed by atoms with van der Waals surface area (Å²) in [4.78, 5) is 16.4. The van der Waals surface area contributed by atoms with Crippen LogP contribution < -0.4 is 5.32 Å². The quantitative estimate of drug-likeness (QED) is 0.791. The summed E-state index contributed by atoms with van der Waals surface area (Å²) in [5, 5.41) is 12.4. The summed E-state index contributed by atoms with van der Waals surface area (Å²) >= 11 is 0. The summed E-state index contributed by atoms with van der Waals surface area (Å²) in [6, 6.07) is 7.93. The van der Waals surface area contributed by atoms with Crippen molar-refractivity contribution in [3.05, 3.63) is 29.8 Å². The molecule has 0 aromatic heterocycles. The molecule has 0 radical (unpaired) electrons. The summed E-state index contributed by atoms with van der Waals surface area (Å²) in [6.07, 6.45) is 3.28. The molecule has 0 aliphatic carbocycles. The van der Waals surface area contributed by atoms with Gasteiger partial charge in [-0.1, -0.05) is 32.4 Å². The molecule has 1 spiro atoms. The number of ether oxygens (including phenoxy) is 1. The highest BCUT2D eigenvalue weighted by molar-refractivity contribution is 5.74. The molecule has 2 heterocycles. The number of benzene rings is 1. The average Bonchev–Trinajstić information content (AvgIpc) is 2.64. The summed E-state index contributed by atoms with van der Waals surface area (Å²) < 4.78 is 4.97. The maximum Gasteiger partial charge on any atom is 0.317 e. The summed E-state index contributed by atoms with van der Waals surface area (Å²) in [5.41, 5.74) is 1.49. The molecular formula is C21H35N3O3. The standard InChI is InChI=1S/C18H27N3O3.C3H8/c1-20-13-18(16(20)14-3-5-15(22)6-4-14)7-10-21(11-8-18)17(23)19-9-12-24-2;1-3-2/h3-6,16,22H,7-13H2,1-2H3,(H,19,23);3H2,1-2H3. The highest BCUT2D eigenvalue weighted by atomic mass is 16.5. The van der Waals surface area contributed by atoms with E-state index in [1.165, 1.54) is 12.0 Å². The lowest BCUT2D eigenvalue weighted by atomic mass is 9.63. The lowest BCUT2D eigenvalue weighted by molar-refractivity contribution is -0.0920. The van der Waals surface area contributed by atoms with Gasteiger partial charge in [0.2, 0.25) is 0 Å². The molecule has 1 unspecified atom stereocenters. The summed E-state index contributed by atoms with van der Waals surface area (Å²) in [7, 11) is 3.78. The minimum atomic E-state index is 0.00996. The van der Waals surface area contributed by atoms with Crippen LogP contribution in [0.1, 0.15) is 44.7 Å². The molecule has 0 saturated carbocycles. The molecule has 2 saturated heterocycles. The summed E-state index contributed by atoms with van der Waals surface area (Å²) in [5.74, 6) is 0.303. The number of likely N-dealkylation sites (tertiary alicyclic amines) is 2. The largest absolute Gasteiger partial charge is 0.508 e. The minimum absolute atomic E-state index is 0.00996.